The van der Waals surface area contributed by atoms with Gasteiger partial charge in [0, 0.05) is 50.2 Å². The van der Waals surface area contributed by atoms with Gasteiger partial charge in [-0.3, -0.25) is 4.79 Å². The number of rotatable bonds is 4. The van der Waals surface area contributed by atoms with Crippen LogP contribution in [0.4, 0.5) is 16.3 Å². The van der Waals surface area contributed by atoms with E-state index in [0.29, 0.717) is 56.1 Å². The standard InChI is InChI=1S/C34H42N6O4/c1-32(2,3)44-31(43)39-17-13-33(14-18-39)22-40(23-33)30(42)34(24-9-5-4-6-10-24)15-19-38(20-16-34)27-21-26(36-37-29(27)35)25-11-7-8-12-28(25)41/h4-12,21,41H,13-20,22-23H2,1-3H3,(H2,35,37). The fraction of sp³-hybridized carbons (Fsp3) is 0.471. The van der Waals surface area contributed by atoms with Crippen LogP contribution in [0.25, 0.3) is 11.3 Å². The smallest absolute Gasteiger partial charge is 0.410 e. The zero-order valence-electron chi connectivity index (χ0n) is 25.8. The lowest BCUT2D eigenvalue weighted by Crippen LogP contribution is -2.66. The van der Waals surface area contributed by atoms with Crippen molar-refractivity contribution >= 4 is 23.5 Å². The molecule has 0 aliphatic carbocycles. The normalized spacial score (nSPS) is 19.4. The molecule has 3 aliphatic rings. The Morgan fingerprint density at radius 1 is 0.864 bits per heavy atom. The van der Waals surface area contributed by atoms with Crippen molar-refractivity contribution in [1.29, 1.82) is 0 Å². The number of aromatic nitrogens is 2. The van der Waals surface area contributed by atoms with Crippen molar-refractivity contribution in [2.45, 2.75) is 57.5 Å². The number of anilines is 2. The van der Waals surface area contributed by atoms with Gasteiger partial charge in [-0.05, 0) is 70.2 Å². The Hall–Kier alpha value is -4.34. The third kappa shape index (κ3) is 5.65. The van der Waals surface area contributed by atoms with Crippen LogP contribution < -0.4 is 10.6 Å². The molecule has 0 atom stereocenters. The predicted molar refractivity (Wildman–Crippen MR) is 169 cm³/mol. The lowest BCUT2D eigenvalue weighted by molar-refractivity contribution is -0.154. The molecule has 0 bridgehead atoms. The largest absolute Gasteiger partial charge is 0.507 e. The lowest BCUT2D eigenvalue weighted by atomic mass is 9.67. The Kier molecular flexibility index (Phi) is 7.63. The molecule has 6 rings (SSSR count). The fourth-order valence-corrected chi connectivity index (χ4v) is 7.00. The number of aromatic hydroxyl groups is 1. The number of piperidine rings is 2. The minimum Gasteiger partial charge on any atom is -0.507 e. The van der Waals surface area contributed by atoms with Crippen LogP contribution in [0.2, 0.25) is 0 Å². The van der Waals surface area contributed by atoms with Gasteiger partial charge in [0.2, 0.25) is 5.91 Å². The van der Waals surface area contributed by atoms with E-state index in [9.17, 15) is 14.7 Å². The summed E-state index contributed by atoms with van der Waals surface area (Å²) in [6.07, 6.45) is 2.76. The highest BCUT2D eigenvalue weighted by molar-refractivity contribution is 5.90. The minimum atomic E-state index is -0.633. The van der Waals surface area contributed by atoms with Crippen molar-refractivity contribution < 1.29 is 19.4 Å². The van der Waals surface area contributed by atoms with Gasteiger partial charge in [-0.2, -0.15) is 0 Å². The number of para-hydroxylation sites is 1. The van der Waals surface area contributed by atoms with Gasteiger partial charge in [-0.15, -0.1) is 10.2 Å². The molecule has 2 aromatic carbocycles. The first-order valence-corrected chi connectivity index (χ1v) is 15.5. The van der Waals surface area contributed by atoms with Crippen LogP contribution in [0.15, 0.2) is 60.7 Å². The molecule has 4 heterocycles. The van der Waals surface area contributed by atoms with E-state index in [4.69, 9.17) is 10.5 Å². The first-order chi connectivity index (χ1) is 21.0. The second-order valence-corrected chi connectivity index (χ2v) is 13.6. The first-order valence-electron chi connectivity index (χ1n) is 15.5. The number of nitrogen functional groups attached to an aromatic ring is 1. The van der Waals surface area contributed by atoms with E-state index in [1.54, 1.807) is 23.1 Å². The second-order valence-electron chi connectivity index (χ2n) is 13.6. The van der Waals surface area contributed by atoms with Gasteiger partial charge in [0.25, 0.3) is 0 Å². The number of hydrogen-bond acceptors (Lipinski definition) is 8. The van der Waals surface area contributed by atoms with E-state index in [1.807, 2.05) is 56.0 Å². The molecule has 3 aliphatic heterocycles. The van der Waals surface area contributed by atoms with Crippen LogP contribution in [0, 0.1) is 5.41 Å². The molecule has 10 nitrogen and oxygen atoms in total. The van der Waals surface area contributed by atoms with Gasteiger partial charge < -0.3 is 30.3 Å². The first kappa shape index (κ1) is 29.7. The van der Waals surface area contributed by atoms with E-state index >= 15 is 0 Å². The highest BCUT2D eigenvalue weighted by Gasteiger charge is 2.53. The van der Waals surface area contributed by atoms with Gasteiger partial charge in [0.1, 0.15) is 11.4 Å². The van der Waals surface area contributed by atoms with Gasteiger partial charge in [-0.25, -0.2) is 4.79 Å². The van der Waals surface area contributed by atoms with E-state index < -0.39 is 11.0 Å². The van der Waals surface area contributed by atoms with Crippen LogP contribution in [0.3, 0.4) is 0 Å². The summed E-state index contributed by atoms with van der Waals surface area (Å²) >= 11 is 0. The molecule has 0 radical (unpaired) electrons. The van der Waals surface area contributed by atoms with Gasteiger partial charge >= 0.3 is 6.09 Å². The summed E-state index contributed by atoms with van der Waals surface area (Å²) in [5, 5.41) is 18.8. The molecule has 1 spiro atoms. The zero-order valence-corrected chi connectivity index (χ0v) is 25.8. The molecule has 3 aromatic rings. The average Bonchev–Trinajstić information content (AvgIpc) is 3.00. The zero-order chi connectivity index (χ0) is 31.1. The molecule has 1 aromatic heterocycles. The summed E-state index contributed by atoms with van der Waals surface area (Å²) in [5.74, 6) is 0.636. The Labute approximate surface area is 258 Å². The topological polar surface area (TPSA) is 125 Å². The Bertz CT molecular complexity index is 1510. The fourth-order valence-electron chi connectivity index (χ4n) is 7.00. The van der Waals surface area contributed by atoms with Crippen molar-refractivity contribution in [3.63, 3.8) is 0 Å². The number of phenols is 1. The summed E-state index contributed by atoms with van der Waals surface area (Å²) in [5.41, 5.74) is 8.16. The van der Waals surface area contributed by atoms with Crippen LogP contribution >= 0.6 is 0 Å². The Morgan fingerprint density at radius 3 is 2.14 bits per heavy atom. The molecule has 232 valence electrons. The predicted octanol–water partition coefficient (Wildman–Crippen LogP) is 4.83. The van der Waals surface area contributed by atoms with Crippen molar-refractivity contribution in [3.05, 3.63) is 66.2 Å². The van der Waals surface area contributed by atoms with Crippen LogP contribution in [0.1, 0.15) is 52.0 Å². The number of amides is 2. The maximum absolute atomic E-state index is 14.4. The molecule has 0 unspecified atom stereocenters. The highest BCUT2D eigenvalue weighted by atomic mass is 16.6. The van der Waals surface area contributed by atoms with E-state index in [2.05, 4.69) is 27.2 Å². The molecule has 0 saturated carbocycles. The van der Waals surface area contributed by atoms with Crippen LogP contribution in [-0.4, -0.2) is 82.0 Å². The number of hydrogen-bond donors (Lipinski definition) is 2. The SMILES string of the molecule is CC(C)(C)OC(=O)N1CCC2(CC1)CN(C(=O)C1(c3ccccc3)CCN(c3cc(-c4ccccc4O)nnc3N)CC1)C2. The number of phenolic OH excluding ortho intramolecular Hbond substituents is 1. The number of carbonyl (C=O) groups is 2. The monoisotopic (exact) mass is 598 g/mol. The van der Waals surface area contributed by atoms with E-state index in [0.717, 1.165) is 37.2 Å². The summed E-state index contributed by atoms with van der Waals surface area (Å²) < 4.78 is 5.57. The van der Waals surface area contributed by atoms with Crippen molar-refractivity contribution in [3.8, 4) is 17.0 Å². The maximum atomic E-state index is 14.4. The summed E-state index contributed by atoms with van der Waals surface area (Å²) in [6.45, 7) is 9.65. The summed E-state index contributed by atoms with van der Waals surface area (Å²) in [7, 11) is 0. The second kappa shape index (κ2) is 11.3. The summed E-state index contributed by atoms with van der Waals surface area (Å²) in [6, 6.07) is 19.0. The third-order valence-corrected chi connectivity index (χ3v) is 9.49. The molecule has 10 heteroatoms. The minimum absolute atomic E-state index is 0.0588. The quantitative estimate of drug-likeness (QED) is 0.438. The Morgan fingerprint density at radius 2 is 1.50 bits per heavy atom. The Balaban J connectivity index is 1.16. The van der Waals surface area contributed by atoms with Gasteiger partial charge in [0.05, 0.1) is 16.8 Å². The molecular formula is C34H42N6O4. The van der Waals surface area contributed by atoms with E-state index in [-0.39, 0.29) is 23.2 Å². The molecular weight excluding hydrogens is 556 g/mol. The highest BCUT2D eigenvalue weighted by Crippen LogP contribution is 2.46. The number of likely N-dealkylation sites (tertiary alicyclic amines) is 2. The average molecular weight is 599 g/mol. The van der Waals surface area contributed by atoms with Crippen molar-refractivity contribution in [1.82, 2.24) is 20.0 Å². The number of benzene rings is 2. The molecule has 3 N–H and O–H groups in total. The van der Waals surface area contributed by atoms with Crippen molar-refractivity contribution in [2.24, 2.45) is 5.41 Å². The number of ether oxygens (including phenoxy) is 1. The molecule has 44 heavy (non-hydrogen) atoms. The van der Waals surface area contributed by atoms with E-state index in [1.165, 1.54) is 0 Å². The molecule has 2 amide bonds. The lowest BCUT2D eigenvalue weighted by Gasteiger charge is -2.56. The van der Waals surface area contributed by atoms with Gasteiger partial charge in [0.15, 0.2) is 5.82 Å². The maximum Gasteiger partial charge on any atom is 0.410 e. The van der Waals surface area contributed by atoms with Crippen LogP contribution in [-0.2, 0) is 14.9 Å². The molecule has 3 fully saturated rings. The number of nitrogens with two attached hydrogens (primary N) is 1. The third-order valence-electron chi connectivity index (χ3n) is 9.49. The molecule has 3 saturated heterocycles. The number of carbonyl (C=O) groups excluding carboxylic acids is 2. The van der Waals surface area contributed by atoms with Gasteiger partial charge in [-0.1, -0.05) is 42.5 Å². The summed E-state index contributed by atoms with van der Waals surface area (Å²) in [4.78, 5) is 33.0. The van der Waals surface area contributed by atoms with Crippen LogP contribution in [0.5, 0.6) is 5.75 Å². The van der Waals surface area contributed by atoms with Crippen molar-refractivity contribution in [2.75, 3.05) is 49.9 Å². The number of nitrogens with zero attached hydrogens (tertiary/aromatic N) is 5.